The van der Waals surface area contributed by atoms with Gasteiger partial charge in [0.15, 0.2) is 0 Å². The topological polar surface area (TPSA) is 45.4 Å². The molecule has 1 aliphatic heterocycles. The van der Waals surface area contributed by atoms with E-state index in [4.69, 9.17) is 5.73 Å². The fourth-order valence-electron chi connectivity index (χ4n) is 2.13. The maximum Gasteiger partial charge on any atom is 0.142 e. The van der Waals surface area contributed by atoms with Crippen molar-refractivity contribution < 1.29 is 0 Å². The third kappa shape index (κ3) is 2.97. The molecule has 1 unspecified atom stereocenters. The van der Waals surface area contributed by atoms with Gasteiger partial charge in [0.05, 0.1) is 4.47 Å². The summed E-state index contributed by atoms with van der Waals surface area (Å²) in [6.45, 7) is 7.06. The molecule has 17 heavy (non-hydrogen) atoms. The number of rotatable bonds is 3. The Balaban J connectivity index is 1.98. The van der Waals surface area contributed by atoms with Crippen LogP contribution in [0.2, 0.25) is 0 Å². The number of piperazine rings is 1. The van der Waals surface area contributed by atoms with Gasteiger partial charge in [-0.25, -0.2) is 4.98 Å². The molecule has 94 valence electrons. The van der Waals surface area contributed by atoms with Crippen molar-refractivity contribution in [2.24, 2.45) is 5.73 Å². The summed E-state index contributed by atoms with van der Waals surface area (Å²) in [5.41, 5.74) is 5.70. The lowest BCUT2D eigenvalue weighted by Gasteiger charge is -2.38. The van der Waals surface area contributed by atoms with Crippen molar-refractivity contribution >= 4 is 21.7 Å². The first kappa shape index (κ1) is 12.8. The smallest absolute Gasteiger partial charge is 0.142 e. The second kappa shape index (κ2) is 5.80. The standard InChI is InChI=1S/C12H19BrN4/c1-10(9-14)16-5-7-17(8-6-16)12-11(13)3-2-4-15-12/h2-4,10H,5-9,14H2,1H3. The number of aromatic nitrogens is 1. The monoisotopic (exact) mass is 298 g/mol. The summed E-state index contributed by atoms with van der Waals surface area (Å²) in [5, 5.41) is 0. The molecule has 1 aromatic heterocycles. The maximum atomic E-state index is 5.70. The van der Waals surface area contributed by atoms with Crippen LogP contribution in [0, 0.1) is 0 Å². The highest BCUT2D eigenvalue weighted by Gasteiger charge is 2.21. The fraction of sp³-hybridized carbons (Fsp3) is 0.583. The van der Waals surface area contributed by atoms with Gasteiger partial charge < -0.3 is 10.6 Å². The number of nitrogens with zero attached hydrogens (tertiary/aromatic N) is 3. The Hall–Kier alpha value is -0.650. The first-order valence-corrected chi connectivity index (χ1v) is 6.81. The molecule has 1 aliphatic rings. The minimum Gasteiger partial charge on any atom is -0.353 e. The van der Waals surface area contributed by atoms with E-state index in [1.54, 1.807) is 0 Å². The van der Waals surface area contributed by atoms with Crippen LogP contribution in [0.3, 0.4) is 0 Å². The lowest BCUT2D eigenvalue weighted by molar-refractivity contribution is 0.201. The van der Waals surface area contributed by atoms with Gasteiger partial charge in [-0.3, -0.25) is 4.90 Å². The third-order valence-corrected chi connectivity index (χ3v) is 3.94. The van der Waals surface area contributed by atoms with Gasteiger partial charge in [-0.05, 0) is 35.0 Å². The average Bonchev–Trinajstić information content (AvgIpc) is 2.39. The Labute approximate surface area is 111 Å². The molecule has 2 rings (SSSR count). The number of pyridine rings is 1. The zero-order chi connectivity index (χ0) is 12.3. The van der Waals surface area contributed by atoms with E-state index in [9.17, 15) is 0 Å². The van der Waals surface area contributed by atoms with Gasteiger partial charge in [0.25, 0.3) is 0 Å². The van der Waals surface area contributed by atoms with Crippen LogP contribution in [0.15, 0.2) is 22.8 Å². The summed E-state index contributed by atoms with van der Waals surface area (Å²) in [4.78, 5) is 9.19. The average molecular weight is 299 g/mol. The molecule has 0 amide bonds. The van der Waals surface area contributed by atoms with Gasteiger partial charge in [0.2, 0.25) is 0 Å². The van der Waals surface area contributed by atoms with E-state index >= 15 is 0 Å². The minimum atomic E-state index is 0.476. The Morgan fingerprint density at radius 2 is 2.12 bits per heavy atom. The van der Waals surface area contributed by atoms with Crippen LogP contribution in [-0.4, -0.2) is 48.6 Å². The third-order valence-electron chi connectivity index (χ3n) is 3.32. The van der Waals surface area contributed by atoms with Crippen LogP contribution in [0.4, 0.5) is 5.82 Å². The summed E-state index contributed by atoms with van der Waals surface area (Å²) in [7, 11) is 0. The highest BCUT2D eigenvalue weighted by molar-refractivity contribution is 9.10. The van der Waals surface area contributed by atoms with E-state index in [1.807, 2.05) is 18.3 Å². The van der Waals surface area contributed by atoms with Gasteiger partial charge in [-0.15, -0.1) is 0 Å². The summed E-state index contributed by atoms with van der Waals surface area (Å²) < 4.78 is 1.07. The van der Waals surface area contributed by atoms with Crippen LogP contribution in [0.5, 0.6) is 0 Å². The number of anilines is 1. The van der Waals surface area contributed by atoms with E-state index < -0.39 is 0 Å². The quantitative estimate of drug-likeness (QED) is 0.914. The Morgan fingerprint density at radius 3 is 2.71 bits per heavy atom. The van der Waals surface area contributed by atoms with Gasteiger partial charge in [-0.1, -0.05) is 0 Å². The zero-order valence-corrected chi connectivity index (χ0v) is 11.7. The van der Waals surface area contributed by atoms with Gasteiger partial charge in [-0.2, -0.15) is 0 Å². The molecule has 1 aromatic rings. The van der Waals surface area contributed by atoms with Crippen molar-refractivity contribution in [3.63, 3.8) is 0 Å². The normalized spacial score (nSPS) is 19.4. The fourth-order valence-corrected chi connectivity index (χ4v) is 2.64. The largest absolute Gasteiger partial charge is 0.353 e. The Kier molecular flexibility index (Phi) is 4.36. The molecule has 2 heterocycles. The molecular formula is C12H19BrN4. The van der Waals surface area contributed by atoms with Gasteiger partial charge in [0.1, 0.15) is 5.82 Å². The molecule has 0 aliphatic carbocycles. The summed E-state index contributed by atoms with van der Waals surface area (Å²) in [6.07, 6.45) is 1.84. The predicted molar refractivity (Wildman–Crippen MR) is 74.2 cm³/mol. The van der Waals surface area contributed by atoms with Crippen molar-refractivity contribution in [3.05, 3.63) is 22.8 Å². The van der Waals surface area contributed by atoms with Crippen molar-refractivity contribution in [2.45, 2.75) is 13.0 Å². The van der Waals surface area contributed by atoms with E-state index in [2.05, 4.69) is 37.6 Å². The summed E-state index contributed by atoms with van der Waals surface area (Å²) in [5.74, 6) is 1.05. The zero-order valence-electron chi connectivity index (χ0n) is 10.1. The molecule has 2 N–H and O–H groups in total. The molecule has 0 bridgehead atoms. The Morgan fingerprint density at radius 1 is 1.41 bits per heavy atom. The molecule has 1 atom stereocenters. The lowest BCUT2D eigenvalue weighted by atomic mass is 10.2. The predicted octanol–water partition coefficient (Wildman–Crippen LogP) is 1.31. The first-order chi connectivity index (χ1) is 8.22. The van der Waals surface area contributed by atoms with E-state index in [-0.39, 0.29) is 0 Å². The molecule has 0 spiro atoms. The summed E-state index contributed by atoms with van der Waals surface area (Å²) in [6, 6.07) is 4.46. The van der Waals surface area contributed by atoms with Crippen LogP contribution < -0.4 is 10.6 Å². The van der Waals surface area contributed by atoms with E-state index in [1.165, 1.54) is 0 Å². The molecule has 0 radical (unpaired) electrons. The molecular weight excluding hydrogens is 280 g/mol. The van der Waals surface area contributed by atoms with Crippen LogP contribution >= 0.6 is 15.9 Å². The second-order valence-corrected chi connectivity index (χ2v) is 5.27. The van der Waals surface area contributed by atoms with E-state index in [0.717, 1.165) is 43.0 Å². The molecule has 1 saturated heterocycles. The van der Waals surface area contributed by atoms with Gasteiger partial charge in [0, 0.05) is 45.0 Å². The van der Waals surface area contributed by atoms with Gasteiger partial charge >= 0.3 is 0 Å². The van der Waals surface area contributed by atoms with Crippen molar-refractivity contribution in [2.75, 3.05) is 37.6 Å². The molecule has 4 nitrogen and oxygen atoms in total. The first-order valence-electron chi connectivity index (χ1n) is 6.02. The number of hydrogen-bond donors (Lipinski definition) is 1. The Bertz CT molecular complexity index is 363. The molecule has 1 fully saturated rings. The number of halogens is 1. The van der Waals surface area contributed by atoms with Crippen molar-refractivity contribution in [1.29, 1.82) is 0 Å². The minimum absolute atomic E-state index is 0.476. The highest BCUT2D eigenvalue weighted by atomic mass is 79.9. The molecule has 5 heteroatoms. The SMILES string of the molecule is CC(CN)N1CCN(c2ncccc2Br)CC1. The number of nitrogens with two attached hydrogens (primary N) is 1. The van der Waals surface area contributed by atoms with Crippen LogP contribution in [-0.2, 0) is 0 Å². The van der Waals surface area contributed by atoms with Crippen LogP contribution in [0.1, 0.15) is 6.92 Å². The van der Waals surface area contributed by atoms with Crippen molar-refractivity contribution in [3.8, 4) is 0 Å². The number of hydrogen-bond acceptors (Lipinski definition) is 4. The molecule has 0 saturated carbocycles. The van der Waals surface area contributed by atoms with Crippen LogP contribution in [0.25, 0.3) is 0 Å². The molecule has 0 aromatic carbocycles. The lowest BCUT2D eigenvalue weighted by Crippen LogP contribution is -2.51. The highest BCUT2D eigenvalue weighted by Crippen LogP contribution is 2.24. The van der Waals surface area contributed by atoms with Crippen molar-refractivity contribution in [1.82, 2.24) is 9.88 Å². The van der Waals surface area contributed by atoms with E-state index in [0.29, 0.717) is 6.04 Å². The second-order valence-electron chi connectivity index (χ2n) is 4.42. The summed E-state index contributed by atoms with van der Waals surface area (Å²) >= 11 is 3.55. The maximum absolute atomic E-state index is 5.70.